The molecule has 0 amide bonds. The number of nitrogens with zero attached hydrogens (tertiary/aromatic N) is 2. The zero-order valence-electron chi connectivity index (χ0n) is 16.0. The van der Waals surface area contributed by atoms with Crippen LogP contribution in [-0.2, 0) is 6.54 Å². The lowest BCUT2D eigenvalue weighted by Crippen LogP contribution is -2.46. The molecule has 5 nitrogen and oxygen atoms in total. The summed E-state index contributed by atoms with van der Waals surface area (Å²) < 4.78 is 18.8. The Kier molecular flexibility index (Phi) is 4.56. The molecule has 148 valence electrons. The molecule has 6 heteroatoms. The predicted molar refractivity (Wildman–Crippen MR) is 110 cm³/mol. The Hall–Kier alpha value is -3.12. The summed E-state index contributed by atoms with van der Waals surface area (Å²) in [5, 5.41) is 0. The lowest BCUT2D eigenvalue weighted by atomic mass is 10.1. The first-order valence-corrected chi connectivity index (χ1v) is 9.87. The number of H-pyrrole nitrogens is 1. The average molecular weight is 391 g/mol. The largest absolute Gasteiger partial charge is 0.482 e. The van der Waals surface area contributed by atoms with E-state index in [1.165, 1.54) is 12.1 Å². The van der Waals surface area contributed by atoms with Crippen LogP contribution in [0.25, 0.3) is 11.3 Å². The smallest absolute Gasteiger partial charge is 0.204 e. The van der Waals surface area contributed by atoms with E-state index in [0.29, 0.717) is 5.56 Å². The Morgan fingerprint density at radius 2 is 1.76 bits per heavy atom. The van der Waals surface area contributed by atoms with E-state index in [0.717, 1.165) is 61.1 Å². The van der Waals surface area contributed by atoms with Crippen molar-refractivity contribution in [2.75, 3.05) is 37.7 Å². The van der Waals surface area contributed by atoms with Crippen molar-refractivity contribution >= 4 is 11.5 Å². The van der Waals surface area contributed by atoms with Gasteiger partial charge in [-0.05, 0) is 54.1 Å². The fourth-order valence-corrected chi connectivity index (χ4v) is 4.08. The van der Waals surface area contributed by atoms with Crippen molar-refractivity contribution in [3.05, 3.63) is 71.7 Å². The van der Waals surface area contributed by atoms with Crippen LogP contribution in [0.5, 0.6) is 5.75 Å². The van der Waals surface area contributed by atoms with Gasteiger partial charge in [-0.15, -0.1) is 0 Å². The van der Waals surface area contributed by atoms with Crippen LogP contribution in [0, 0.1) is 5.82 Å². The van der Waals surface area contributed by atoms with E-state index in [-0.39, 0.29) is 18.2 Å². The van der Waals surface area contributed by atoms with Crippen molar-refractivity contribution in [1.29, 1.82) is 0 Å². The van der Waals surface area contributed by atoms with Crippen LogP contribution in [0.2, 0.25) is 0 Å². The van der Waals surface area contributed by atoms with Crippen molar-refractivity contribution < 1.29 is 13.9 Å². The van der Waals surface area contributed by atoms with Gasteiger partial charge >= 0.3 is 0 Å². The molecule has 1 saturated heterocycles. The van der Waals surface area contributed by atoms with Gasteiger partial charge in [-0.25, -0.2) is 4.39 Å². The number of piperazine rings is 1. The number of carbonyl (C=O) groups excluding carboxylic acids is 1. The van der Waals surface area contributed by atoms with Crippen molar-refractivity contribution in [2.24, 2.45) is 0 Å². The molecule has 1 aromatic heterocycles. The molecule has 2 aromatic carbocycles. The summed E-state index contributed by atoms with van der Waals surface area (Å²) in [7, 11) is 0. The van der Waals surface area contributed by atoms with E-state index in [1.807, 2.05) is 24.3 Å². The second kappa shape index (κ2) is 7.37. The summed E-state index contributed by atoms with van der Waals surface area (Å²) in [5.41, 5.74) is 4.85. The molecule has 1 N–H and O–H groups in total. The number of anilines is 1. The first kappa shape index (κ1) is 17.9. The number of aromatic amines is 1. The first-order chi connectivity index (χ1) is 14.2. The van der Waals surface area contributed by atoms with Crippen LogP contribution >= 0.6 is 0 Å². The van der Waals surface area contributed by atoms with Crippen LogP contribution in [0.15, 0.2) is 54.6 Å². The van der Waals surface area contributed by atoms with Gasteiger partial charge in [0.05, 0.1) is 11.3 Å². The third kappa shape index (κ3) is 3.51. The van der Waals surface area contributed by atoms with Crippen LogP contribution in [0.1, 0.15) is 16.1 Å². The summed E-state index contributed by atoms with van der Waals surface area (Å²) in [6.45, 7) is 4.64. The molecule has 3 heterocycles. The SMILES string of the molecule is O=C1COc2c1cccc2N1CCN(Cc2ccc(-c3ccc(F)cc3)[nH]2)CC1. The fraction of sp³-hybridized carbons (Fsp3) is 0.261. The fourth-order valence-electron chi connectivity index (χ4n) is 4.08. The molecule has 0 spiro atoms. The average Bonchev–Trinajstić information content (AvgIpc) is 3.36. The number of benzene rings is 2. The third-order valence-electron chi connectivity index (χ3n) is 5.65. The molecular formula is C23H22FN3O2. The van der Waals surface area contributed by atoms with Crippen LogP contribution < -0.4 is 9.64 Å². The molecule has 3 aromatic rings. The number of ether oxygens (including phenoxy) is 1. The van der Waals surface area contributed by atoms with Gasteiger partial charge in [0.15, 0.2) is 12.4 Å². The number of fused-ring (bicyclic) bond motifs is 1. The normalized spacial score (nSPS) is 16.7. The van der Waals surface area contributed by atoms with E-state index in [4.69, 9.17) is 4.74 Å². The van der Waals surface area contributed by atoms with Gasteiger partial charge < -0.3 is 14.6 Å². The third-order valence-corrected chi connectivity index (χ3v) is 5.65. The number of hydrogen-bond donors (Lipinski definition) is 1. The summed E-state index contributed by atoms with van der Waals surface area (Å²) in [5.74, 6) is 0.570. The Bertz CT molecular complexity index is 1040. The van der Waals surface area contributed by atoms with Crippen molar-refractivity contribution in [2.45, 2.75) is 6.54 Å². The minimum atomic E-state index is -0.225. The van der Waals surface area contributed by atoms with E-state index in [2.05, 4.69) is 20.9 Å². The molecule has 29 heavy (non-hydrogen) atoms. The highest BCUT2D eigenvalue weighted by molar-refractivity contribution is 6.04. The molecule has 0 atom stereocenters. The maximum atomic E-state index is 13.1. The van der Waals surface area contributed by atoms with Gasteiger partial charge in [-0.2, -0.15) is 0 Å². The van der Waals surface area contributed by atoms with Crippen molar-refractivity contribution in [3.63, 3.8) is 0 Å². The van der Waals surface area contributed by atoms with Gasteiger partial charge in [0.25, 0.3) is 0 Å². The summed E-state index contributed by atoms with van der Waals surface area (Å²) in [4.78, 5) is 20.1. The zero-order valence-corrected chi connectivity index (χ0v) is 16.0. The highest BCUT2D eigenvalue weighted by atomic mass is 19.1. The second-order valence-corrected chi connectivity index (χ2v) is 7.53. The number of ketones is 1. The second-order valence-electron chi connectivity index (χ2n) is 7.53. The Balaban J connectivity index is 1.22. The quantitative estimate of drug-likeness (QED) is 0.737. The summed E-state index contributed by atoms with van der Waals surface area (Å²) in [6, 6.07) is 16.5. The number of aromatic nitrogens is 1. The Labute approximate surface area is 168 Å². The molecule has 0 unspecified atom stereocenters. The Morgan fingerprint density at radius 3 is 2.55 bits per heavy atom. The van der Waals surface area contributed by atoms with E-state index >= 15 is 0 Å². The Morgan fingerprint density at radius 1 is 0.966 bits per heavy atom. The lowest BCUT2D eigenvalue weighted by Gasteiger charge is -2.36. The highest BCUT2D eigenvalue weighted by Gasteiger charge is 2.27. The molecule has 1 fully saturated rings. The lowest BCUT2D eigenvalue weighted by molar-refractivity contribution is 0.0961. The van der Waals surface area contributed by atoms with Crippen LogP contribution in [-0.4, -0.2) is 48.5 Å². The van der Waals surface area contributed by atoms with E-state index in [1.54, 1.807) is 12.1 Å². The number of hydrogen-bond acceptors (Lipinski definition) is 4. The van der Waals surface area contributed by atoms with E-state index < -0.39 is 0 Å². The van der Waals surface area contributed by atoms with Gasteiger partial charge in [0.1, 0.15) is 5.82 Å². The minimum absolute atomic E-state index is 0.0594. The molecular weight excluding hydrogens is 369 g/mol. The number of Topliss-reactive ketones (excluding diaryl/α,β-unsaturated/α-hetero) is 1. The van der Waals surface area contributed by atoms with Gasteiger partial charge in [-0.3, -0.25) is 9.69 Å². The summed E-state index contributed by atoms with van der Waals surface area (Å²) in [6.07, 6.45) is 0. The molecule has 5 rings (SSSR count). The zero-order chi connectivity index (χ0) is 19.8. The maximum Gasteiger partial charge on any atom is 0.204 e. The number of halogens is 1. The molecule has 0 saturated carbocycles. The van der Waals surface area contributed by atoms with Crippen LogP contribution in [0.4, 0.5) is 10.1 Å². The van der Waals surface area contributed by atoms with Gasteiger partial charge in [0, 0.05) is 44.1 Å². The molecule has 2 aliphatic rings. The number of rotatable bonds is 4. The van der Waals surface area contributed by atoms with Crippen LogP contribution in [0.3, 0.4) is 0 Å². The number of nitrogens with one attached hydrogen (secondary N) is 1. The van der Waals surface area contributed by atoms with Gasteiger partial charge in [0.2, 0.25) is 5.78 Å². The highest BCUT2D eigenvalue weighted by Crippen LogP contribution is 2.36. The number of carbonyl (C=O) groups is 1. The standard InChI is InChI=1S/C23H22FN3O2/c24-17-6-4-16(5-7-17)20-9-8-18(25-20)14-26-10-12-27(13-11-26)21-3-1-2-19-22(28)15-29-23(19)21/h1-9,25H,10-15H2. The maximum absolute atomic E-state index is 13.1. The first-order valence-electron chi connectivity index (χ1n) is 9.87. The predicted octanol–water partition coefficient (Wildman–Crippen LogP) is 3.72. The molecule has 0 bridgehead atoms. The number of para-hydroxylation sites is 1. The minimum Gasteiger partial charge on any atom is -0.482 e. The monoisotopic (exact) mass is 391 g/mol. The summed E-state index contributed by atoms with van der Waals surface area (Å²) >= 11 is 0. The molecule has 2 aliphatic heterocycles. The van der Waals surface area contributed by atoms with Gasteiger partial charge in [-0.1, -0.05) is 6.07 Å². The molecule has 0 radical (unpaired) electrons. The van der Waals surface area contributed by atoms with Crippen molar-refractivity contribution in [3.8, 4) is 17.0 Å². The molecule has 0 aliphatic carbocycles. The topological polar surface area (TPSA) is 48.6 Å². The van der Waals surface area contributed by atoms with Crippen molar-refractivity contribution in [1.82, 2.24) is 9.88 Å². The van der Waals surface area contributed by atoms with E-state index in [9.17, 15) is 9.18 Å².